The van der Waals surface area contributed by atoms with Crippen molar-refractivity contribution in [3.8, 4) is 11.4 Å². The van der Waals surface area contributed by atoms with E-state index >= 15 is 0 Å². The lowest BCUT2D eigenvalue weighted by Gasteiger charge is -1.98. The Labute approximate surface area is 107 Å². The molecule has 0 aliphatic rings. The molecule has 2 aromatic carbocycles. The van der Waals surface area contributed by atoms with Gasteiger partial charge in [0.1, 0.15) is 5.82 Å². The largest absolute Gasteiger partial charge is 0.399 e. The van der Waals surface area contributed by atoms with Gasteiger partial charge in [0.05, 0.1) is 11.0 Å². The molecular weight excluding hydrogens is 278 g/mol. The van der Waals surface area contributed by atoms with Crippen LogP contribution in [0.1, 0.15) is 0 Å². The fourth-order valence-corrected chi connectivity index (χ4v) is 2.28. The molecule has 0 amide bonds. The van der Waals surface area contributed by atoms with E-state index in [0.717, 1.165) is 32.6 Å². The van der Waals surface area contributed by atoms with Crippen molar-refractivity contribution in [1.82, 2.24) is 9.97 Å². The van der Waals surface area contributed by atoms with Crippen LogP contribution in [0.4, 0.5) is 5.69 Å². The first-order chi connectivity index (χ1) is 8.24. The van der Waals surface area contributed by atoms with Crippen LogP contribution in [-0.2, 0) is 0 Å². The van der Waals surface area contributed by atoms with Gasteiger partial charge < -0.3 is 10.7 Å². The monoisotopic (exact) mass is 287 g/mol. The average molecular weight is 288 g/mol. The molecule has 1 aromatic heterocycles. The summed E-state index contributed by atoms with van der Waals surface area (Å²) in [4.78, 5) is 7.82. The summed E-state index contributed by atoms with van der Waals surface area (Å²) in [5.74, 6) is 0.845. The Hall–Kier alpha value is -1.81. The van der Waals surface area contributed by atoms with E-state index in [4.69, 9.17) is 5.73 Å². The van der Waals surface area contributed by atoms with Crippen molar-refractivity contribution >= 4 is 32.7 Å². The number of nitrogens with zero attached hydrogens (tertiary/aromatic N) is 1. The van der Waals surface area contributed by atoms with E-state index in [0.29, 0.717) is 0 Å². The molecule has 0 radical (unpaired) electrons. The van der Waals surface area contributed by atoms with Gasteiger partial charge in [-0.05, 0) is 24.3 Å². The third-order valence-corrected chi connectivity index (χ3v) is 3.33. The van der Waals surface area contributed by atoms with Crippen LogP contribution in [0.3, 0.4) is 0 Å². The van der Waals surface area contributed by atoms with Crippen molar-refractivity contribution in [2.24, 2.45) is 0 Å². The second-order valence-corrected chi connectivity index (χ2v) is 4.70. The van der Waals surface area contributed by atoms with E-state index in [-0.39, 0.29) is 0 Å². The standard InChI is InChI=1S/C13H10BrN3/c14-10-4-2-1-3-9(10)13-16-11-6-5-8(15)7-12(11)17-13/h1-7H,15H2,(H,16,17). The van der Waals surface area contributed by atoms with Crippen molar-refractivity contribution in [2.45, 2.75) is 0 Å². The first kappa shape index (κ1) is 10.4. The van der Waals surface area contributed by atoms with Crippen LogP contribution >= 0.6 is 15.9 Å². The van der Waals surface area contributed by atoms with Gasteiger partial charge in [0.25, 0.3) is 0 Å². The van der Waals surface area contributed by atoms with E-state index in [1.807, 2.05) is 42.5 Å². The Morgan fingerprint density at radius 2 is 1.94 bits per heavy atom. The summed E-state index contributed by atoms with van der Waals surface area (Å²) >= 11 is 3.52. The molecule has 3 aromatic rings. The number of nitrogens with two attached hydrogens (primary N) is 1. The molecule has 84 valence electrons. The first-order valence-corrected chi connectivity index (χ1v) is 6.03. The second kappa shape index (κ2) is 3.89. The number of rotatable bonds is 1. The van der Waals surface area contributed by atoms with Crippen molar-refractivity contribution in [1.29, 1.82) is 0 Å². The fourth-order valence-electron chi connectivity index (χ4n) is 1.81. The molecule has 1 heterocycles. The van der Waals surface area contributed by atoms with Gasteiger partial charge in [-0.2, -0.15) is 0 Å². The Morgan fingerprint density at radius 3 is 2.76 bits per heavy atom. The number of nitrogen functional groups attached to an aromatic ring is 1. The molecule has 0 bridgehead atoms. The lowest BCUT2D eigenvalue weighted by molar-refractivity contribution is 1.33. The number of benzene rings is 2. The number of halogens is 1. The molecule has 0 spiro atoms. The molecule has 0 aliphatic heterocycles. The molecule has 0 aliphatic carbocycles. The minimum atomic E-state index is 0.736. The van der Waals surface area contributed by atoms with E-state index in [1.54, 1.807) is 0 Å². The van der Waals surface area contributed by atoms with Gasteiger partial charge >= 0.3 is 0 Å². The van der Waals surface area contributed by atoms with E-state index in [1.165, 1.54) is 0 Å². The molecule has 0 fully saturated rings. The third-order valence-electron chi connectivity index (χ3n) is 2.63. The maximum Gasteiger partial charge on any atom is 0.139 e. The van der Waals surface area contributed by atoms with Crippen molar-refractivity contribution in [2.75, 3.05) is 5.73 Å². The minimum absolute atomic E-state index is 0.736. The summed E-state index contributed by atoms with van der Waals surface area (Å²) in [6.45, 7) is 0. The lowest BCUT2D eigenvalue weighted by Crippen LogP contribution is -1.82. The highest BCUT2D eigenvalue weighted by atomic mass is 79.9. The van der Waals surface area contributed by atoms with Gasteiger partial charge in [0, 0.05) is 15.7 Å². The lowest BCUT2D eigenvalue weighted by atomic mass is 10.2. The Balaban J connectivity index is 2.22. The van der Waals surface area contributed by atoms with E-state index in [9.17, 15) is 0 Å². The number of imidazole rings is 1. The number of H-pyrrole nitrogens is 1. The molecule has 4 heteroatoms. The van der Waals surface area contributed by atoms with Crippen LogP contribution in [0.2, 0.25) is 0 Å². The first-order valence-electron chi connectivity index (χ1n) is 5.24. The SMILES string of the molecule is Nc1ccc2nc(-c3ccccc3Br)[nH]c2c1. The van der Waals surface area contributed by atoms with Crippen molar-refractivity contribution in [3.63, 3.8) is 0 Å². The van der Waals surface area contributed by atoms with Gasteiger partial charge in [-0.15, -0.1) is 0 Å². The Bertz CT molecular complexity index is 688. The highest BCUT2D eigenvalue weighted by Gasteiger charge is 2.07. The highest BCUT2D eigenvalue weighted by Crippen LogP contribution is 2.27. The summed E-state index contributed by atoms with van der Waals surface area (Å²) < 4.78 is 1.02. The zero-order chi connectivity index (χ0) is 11.8. The third kappa shape index (κ3) is 1.80. The summed E-state index contributed by atoms with van der Waals surface area (Å²) in [7, 11) is 0. The smallest absolute Gasteiger partial charge is 0.139 e. The predicted octanol–water partition coefficient (Wildman–Crippen LogP) is 3.57. The maximum absolute atomic E-state index is 5.74. The number of nitrogens with one attached hydrogen (secondary N) is 1. The molecule has 3 N–H and O–H groups in total. The van der Waals surface area contributed by atoms with Crippen LogP contribution in [-0.4, -0.2) is 9.97 Å². The number of hydrogen-bond acceptors (Lipinski definition) is 2. The van der Waals surface area contributed by atoms with Crippen molar-refractivity contribution < 1.29 is 0 Å². The number of fused-ring (bicyclic) bond motifs is 1. The molecule has 3 rings (SSSR count). The normalized spacial score (nSPS) is 10.9. The Kier molecular flexibility index (Phi) is 2.37. The van der Waals surface area contributed by atoms with Gasteiger partial charge in [-0.3, -0.25) is 0 Å². The zero-order valence-corrected chi connectivity index (χ0v) is 10.5. The van der Waals surface area contributed by atoms with Gasteiger partial charge in [-0.25, -0.2) is 4.98 Å². The summed E-state index contributed by atoms with van der Waals surface area (Å²) in [5, 5.41) is 0. The number of aromatic nitrogens is 2. The number of anilines is 1. The fraction of sp³-hybridized carbons (Fsp3) is 0. The predicted molar refractivity (Wildman–Crippen MR) is 73.6 cm³/mol. The molecule has 0 unspecified atom stereocenters. The molecule has 0 saturated carbocycles. The summed E-state index contributed by atoms with van der Waals surface area (Å²) in [5.41, 5.74) is 9.40. The molecule has 0 saturated heterocycles. The molecule has 17 heavy (non-hydrogen) atoms. The van der Waals surface area contributed by atoms with E-state index < -0.39 is 0 Å². The average Bonchev–Trinajstić information content (AvgIpc) is 2.72. The van der Waals surface area contributed by atoms with Gasteiger partial charge in [0.15, 0.2) is 0 Å². The Morgan fingerprint density at radius 1 is 1.12 bits per heavy atom. The van der Waals surface area contributed by atoms with Crippen LogP contribution in [0.15, 0.2) is 46.9 Å². The van der Waals surface area contributed by atoms with Gasteiger partial charge in [0.2, 0.25) is 0 Å². The quantitative estimate of drug-likeness (QED) is 0.672. The molecule has 0 atom stereocenters. The topological polar surface area (TPSA) is 54.7 Å². The van der Waals surface area contributed by atoms with Crippen LogP contribution in [0.5, 0.6) is 0 Å². The van der Waals surface area contributed by atoms with Gasteiger partial charge in [-0.1, -0.05) is 34.1 Å². The second-order valence-electron chi connectivity index (χ2n) is 3.84. The minimum Gasteiger partial charge on any atom is -0.399 e. The summed E-state index contributed by atoms with van der Waals surface area (Å²) in [6, 6.07) is 13.6. The molecular formula is C13H10BrN3. The van der Waals surface area contributed by atoms with Crippen LogP contribution < -0.4 is 5.73 Å². The van der Waals surface area contributed by atoms with Crippen LogP contribution in [0.25, 0.3) is 22.4 Å². The number of hydrogen-bond donors (Lipinski definition) is 2. The van der Waals surface area contributed by atoms with E-state index in [2.05, 4.69) is 25.9 Å². The molecule has 3 nitrogen and oxygen atoms in total. The zero-order valence-electron chi connectivity index (χ0n) is 8.94. The highest BCUT2D eigenvalue weighted by molar-refractivity contribution is 9.10. The maximum atomic E-state index is 5.74. The van der Waals surface area contributed by atoms with Crippen molar-refractivity contribution in [3.05, 3.63) is 46.9 Å². The summed E-state index contributed by atoms with van der Waals surface area (Å²) in [6.07, 6.45) is 0. The van der Waals surface area contributed by atoms with Crippen LogP contribution in [0, 0.1) is 0 Å². The number of aromatic amines is 1.